The van der Waals surface area contributed by atoms with E-state index < -0.39 is 0 Å². The molecule has 0 saturated heterocycles. The van der Waals surface area contributed by atoms with Crippen molar-refractivity contribution in [1.82, 2.24) is 5.32 Å². The Morgan fingerprint density at radius 3 is 2.69 bits per heavy atom. The maximum Gasteiger partial charge on any atom is 0.231 e. The Kier molecular flexibility index (Phi) is 5.36. The van der Waals surface area contributed by atoms with Crippen LogP contribution in [0, 0.1) is 0 Å². The van der Waals surface area contributed by atoms with Gasteiger partial charge >= 0.3 is 0 Å². The summed E-state index contributed by atoms with van der Waals surface area (Å²) in [7, 11) is 2.06. The highest BCUT2D eigenvalue weighted by atomic mass is 16.1. The number of hydrogen-bond donors (Lipinski definition) is 2. The molecule has 1 amide bonds. The van der Waals surface area contributed by atoms with Gasteiger partial charge in [-0.25, -0.2) is 0 Å². The zero-order valence-corrected chi connectivity index (χ0v) is 9.65. The summed E-state index contributed by atoms with van der Waals surface area (Å²) >= 11 is 0. The number of amides is 1. The second-order valence-corrected chi connectivity index (χ2v) is 3.75. The Morgan fingerprint density at radius 2 is 2.06 bits per heavy atom. The molecule has 4 heteroatoms. The van der Waals surface area contributed by atoms with Gasteiger partial charge in [0, 0.05) is 19.3 Å². The van der Waals surface area contributed by atoms with Crippen molar-refractivity contribution in [2.24, 2.45) is 5.73 Å². The number of nitrogens with zero attached hydrogens (tertiary/aromatic N) is 1. The third kappa shape index (κ3) is 4.79. The molecular formula is C12H19N3O. The van der Waals surface area contributed by atoms with Crippen molar-refractivity contribution in [1.29, 1.82) is 0 Å². The van der Waals surface area contributed by atoms with E-state index in [0.717, 1.165) is 19.5 Å². The molecule has 88 valence electrons. The maximum absolute atomic E-state index is 10.5. The summed E-state index contributed by atoms with van der Waals surface area (Å²) in [6.07, 6.45) is 0.985. The maximum atomic E-state index is 10.5. The van der Waals surface area contributed by atoms with Crippen LogP contribution >= 0.6 is 0 Å². The first kappa shape index (κ1) is 12.5. The average Bonchev–Trinajstić information content (AvgIpc) is 2.29. The number of primary amides is 1. The van der Waals surface area contributed by atoms with Crippen LogP contribution in [0.25, 0.3) is 0 Å². The van der Waals surface area contributed by atoms with E-state index in [-0.39, 0.29) is 12.5 Å². The molecule has 1 rings (SSSR count). The topological polar surface area (TPSA) is 58.4 Å². The smallest absolute Gasteiger partial charge is 0.231 e. The summed E-state index contributed by atoms with van der Waals surface area (Å²) in [5.41, 5.74) is 6.22. The zero-order valence-electron chi connectivity index (χ0n) is 9.65. The van der Waals surface area contributed by atoms with E-state index in [2.05, 4.69) is 29.4 Å². The molecule has 0 aromatic heterocycles. The first-order valence-corrected chi connectivity index (χ1v) is 5.45. The minimum atomic E-state index is -0.309. The second-order valence-electron chi connectivity index (χ2n) is 3.75. The molecule has 0 aliphatic heterocycles. The highest BCUT2D eigenvalue weighted by Crippen LogP contribution is 2.10. The molecule has 1 aromatic rings. The predicted molar refractivity (Wildman–Crippen MR) is 66.4 cm³/mol. The normalized spacial score (nSPS) is 10.1. The van der Waals surface area contributed by atoms with Gasteiger partial charge in [-0.1, -0.05) is 18.2 Å². The molecule has 3 N–H and O–H groups in total. The number of rotatable bonds is 7. The molecular weight excluding hydrogens is 202 g/mol. The van der Waals surface area contributed by atoms with Gasteiger partial charge in [0.05, 0.1) is 6.54 Å². The summed E-state index contributed by atoms with van der Waals surface area (Å²) < 4.78 is 0. The number of nitrogens with two attached hydrogens (primary N) is 1. The van der Waals surface area contributed by atoms with Crippen LogP contribution in [0.1, 0.15) is 6.42 Å². The van der Waals surface area contributed by atoms with E-state index >= 15 is 0 Å². The van der Waals surface area contributed by atoms with Crippen molar-refractivity contribution in [3.8, 4) is 0 Å². The lowest BCUT2D eigenvalue weighted by atomic mass is 10.3. The van der Waals surface area contributed by atoms with Crippen LogP contribution in [-0.4, -0.2) is 32.6 Å². The van der Waals surface area contributed by atoms with Gasteiger partial charge in [0.15, 0.2) is 0 Å². The Morgan fingerprint density at radius 1 is 1.38 bits per heavy atom. The van der Waals surface area contributed by atoms with Gasteiger partial charge in [-0.15, -0.1) is 0 Å². The Hall–Kier alpha value is -1.55. The van der Waals surface area contributed by atoms with Crippen LogP contribution in [0.4, 0.5) is 5.69 Å². The first-order valence-electron chi connectivity index (χ1n) is 5.45. The van der Waals surface area contributed by atoms with Gasteiger partial charge in [0.1, 0.15) is 0 Å². The molecule has 0 atom stereocenters. The van der Waals surface area contributed by atoms with E-state index in [1.54, 1.807) is 0 Å². The van der Waals surface area contributed by atoms with Crippen LogP contribution in [0.3, 0.4) is 0 Å². The molecule has 1 aromatic carbocycles. The minimum Gasteiger partial charge on any atom is -0.375 e. The quantitative estimate of drug-likeness (QED) is 0.662. The number of anilines is 1. The van der Waals surface area contributed by atoms with Crippen molar-refractivity contribution in [3.05, 3.63) is 30.3 Å². The van der Waals surface area contributed by atoms with Crippen LogP contribution in [0.2, 0.25) is 0 Å². The Balaban J connectivity index is 2.16. The lowest BCUT2D eigenvalue weighted by molar-refractivity contribution is -0.117. The standard InChI is InChI=1S/C12H19N3O/c1-15(11-6-3-2-4-7-11)9-5-8-14-10-12(13)16/h2-4,6-7,14H,5,8-10H2,1H3,(H2,13,16). The predicted octanol–water partition coefficient (Wildman–Crippen LogP) is 0.588. The fourth-order valence-electron chi connectivity index (χ4n) is 1.46. The van der Waals surface area contributed by atoms with Gasteiger partial charge in [-0.3, -0.25) is 4.79 Å². The van der Waals surface area contributed by atoms with Crippen molar-refractivity contribution in [3.63, 3.8) is 0 Å². The van der Waals surface area contributed by atoms with Gasteiger partial charge in [-0.2, -0.15) is 0 Å². The monoisotopic (exact) mass is 221 g/mol. The van der Waals surface area contributed by atoms with Crippen LogP contribution in [-0.2, 0) is 4.79 Å². The lowest BCUT2D eigenvalue weighted by Crippen LogP contribution is -2.31. The fourth-order valence-corrected chi connectivity index (χ4v) is 1.46. The van der Waals surface area contributed by atoms with Crippen molar-refractivity contribution < 1.29 is 4.79 Å². The molecule has 0 aliphatic rings. The SMILES string of the molecule is CN(CCCNCC(N)=O)c1ccccc1. The number of carbonyl (C=O) groups is 1. The number of hydrogen-bond acceptors (Lipinski definition) is 3. The molecule has 4 nitrogen and oxygen atoms in total. The summed E-state index contributed by atoms with van der Waals surface area (Å²) in [6.45, 7) is 2.02. The number of benzene rings is 1. The summed E-state index contributed by atoms with van der Waals surface area (Å²) in [5, 5.41) is 2.99. The van der Waals surface area contributed by atoms with Crippen LogP contribution in [0.5, 0.6) is 0 Å². The Labute approximate surface area is 96.4 Å². The molecule has 0 bridgehead atoms. The lowest BCUT2D eigenvalue weighted by Gasteiger charge is -2.19. The van der Waals surface area contributed by atoms with Gasteiger partial charge in [0.25, 0.3) is 0 Å². The second kappa shape index (κ2) is 6.85. The van der Waals surface area contributed by atoms with E-state index in [0.29, 0.717) is 0 Å². The summed E-state index contributed by atoms with van der Waals surface area (Å²) in [4.78, 5) is 12.7. The molecule has 0 saturated carbocycles. The molecule has 16 heavy (non-hydrogen) atoms. The van der Waals surface area contributed by atoms with E-state index in [1.165, 1.54) is 5.69 Å². The van der Waals surface area contributed by atoms with Gasteiger partial charge < -0.3 is 16.0 Å². The molecule has 0 unspecified atom stereocenters. The molecule has 0 radical (unpaired) electrons. The molecule has 0 spiro atoms. The summed E-state index contributed by atoms with van der Waals surface area (Å²) in [5.74, 6) is -0.309. The van der Waals surface area contributed by atoms with Crippen molar-refractivity contribution in [2.75, 3.05) is 31.6 Å². The highest BCUT2D eigenvalue weighted by molar-refractivity contribution is 5.75. The number of para-hydroxylation sites is 1. The van der Waals surface area contributed by atoms with E-state index in [1.807, 2.05) is 18.2 Å². The first-order chi connectivity index (χ1) is 7.70. The van der Waals surface area contributed by atoms with Crippen LogP contribution in [0.15, 0.2) is 30.3 Å². The minimum absolute atomic E-state index is 0.259. The molecule has 0 aliphatic carbocycles. The molecule has 0 heterocycles. The zero-order chi connectivity index (χ0) is 11.8. The van der Waals surface area contributed by atoms with E-state index in [9.17, 15) is 4.79 Å². The number of nitrogens with one attached hydrogen (secondary N) is 1. The average molecular weight is 221 g/mol. The van der Waals surface area contributed by atoms with Gasteiger partial charge in [-0.05, 0) is 25.1 Å². The van der Waals surface area contributed by atoms with Crippen LogP contribution < -0.4 is 16.0 Å². The largest absolute Gasteiger partial charge is 0.375 e. The third-order valence-electron chi connectivity index (χ3n) is 2.34. The third-order valence-corrected chi connectivity index (χ3v) is 2.34. The molecule has 0 fully saturated rings. The van der Waals surface area contributed by atoms with Gasteiger partial charge in [0.2, 0.25) is 5.91 Å². The number of carbonyl (C=O) groups excluding carboxylic acids is 1. The van der Waals surface area contributed by atoms with Crippen molar-refractivity contribution >= 4 is 11.6 Å². The highest BCUT2D eigenvalue weighted by Gasteiger charge is 1.99. The van der Waals surface area contributed by atoms with E-state index in [4.69, 9.17) is 5.73 Å². The fraction of sp³-hybridized carbons (Fsp3) is 0.417. The Bertz CT molecular complexity index is 313. The van der Waals surface area contributed by atoms with Crippen molar-refractivity contribution in [2.45, 2.75) is 6.42 Å². The summed E-state index contributed by atoms with van der Waals surface area (Å²) in [6, 6.07) is 10.2.